The standard InChI is InChI=1S/C15H29NO/c1-11-5-4-6-14(8-7-11)16-15-9-12(2)17-13(3)10-15/h11-16H,4-10H2,1-3H3. The van der Waals surface area contributed by atoms with Gasteiger partial charge in [0, 0.05) is 12.1 Å². The molecule has 2 rings (SSSR count). The molecule has 0 spiro atoms. The van der Waals surface area contributed by atoms with Gasteiger partial charge in [-0.3, -0.25) is 0 Å². The minimum Gasteiger partial charge on any atom is -0.375 e. The Bertz CT molecular complexity index is 221. The zero-order valence-electron chi connectivity index (χ0n) is 11.7. The fourth-order valence-corrected chi connectivity index (χ4v) is 3.53. The Morgan fingerprint density at radius 2 is 1.53 bits per heavy atom. The average molecular weight is 239 g/mol. The molecule has 0 bridgehead atoms. The average Bonchev–Trinajstić information content (AvgIpc) is 2.42. The number of rotatable bonds is 2. The quantitative estimate of drug-likeness (QED) is 0.745. The molecule has 0 radical (unpaired) electrons. The first-order valence-electron chi connectivity index (χ1n) is 7.55. The van der Waals surface area contributed by atoms with Gasteiger partial charge in [-0.15, -0.1) is 0 Å². The van der Waals surface area contributed by atoms with Gasteiger partial charge < -0.3 is 10.1 Å². The van der Waals surface area contributed by atoms with E-state index in [9.17, 15) is 0 Å². The van der Waals surface area contributed by atoms with Gasteiger partial charge >= 0.3 is 0 Å². The van der Waals surface area contributed by atoms with Crippen molar-refractivity contribution in [3.63, 3.8) is 0 Å². The summed E-state index contributed by atoms with van der Waals surface area (Å²) in [6.45, 7) is 6.82. The van der Waals surface area contributed by atoms with Gasteiger partial charge in [-0.1, -0.05) is 19.8 Å². The van der Waals surface area contributed by atoms with Crippen LogP contribution in [0.15, 0.2) is 0 Å². The predicted octanol–water partition coefficient (Wildman–Crippen LogP) is 3.50. The molecule has 1 N–H and O–H groups in total. The molecule has 4 atom stereocenters. The largest absolute Gasteiger partial charge is 0.375 e. The third-order valence-electron chi connectivity index (χ3n) is 4.43. The molecule has 1 saturated heterocycles. The molecule has 2 heteroatoms. The summed E-state index contributed by atoms with van der Waals surface area (Å²) >= 11 is 0. The van der Waals surface area contributed by atoms with Gasteiger partial charge in [0.2, 0.25) is 0 Å². The maximum Gasteiger partial charge on any atom is 0.0565 e. The molecule has 0 aromatic heterocycles. The monoisotopic (exact) mass is 239 g/mol. The molecule has 2 aliphatic rings. The number of hydrogen-bond donors (Lipinski definition) is 1. The lowest BCUT2D eigenvalue weighted by atomic mass is 9.97. The first-order chi connectivity index (χ1) is 8.13. The van der Waals surface area contributed by atoms with Crippen molar-refractivity contribution in [2.75, 3.05) is 0 Å². The van der Waals surface area contributed by atoms with E-state index in [1.165, 1.54) is 44.9 Å². The summed E-state index contributed by atoms with van der Waals surface area (Å²) in [6.07, 6.45) is 10.2. The van der Waals surface area contributed by atoms with Crippen LogP contribution in [0.5, 0.6) is 0 Å². The zero-order valence-corrected chi connectivity index (χ0v) is 11.7. The molecule has 17 heavy (non-hydrogen) atoms. The van der Waals surface area contributed by atoms with E-state index in [1.807, 2.05) is 0 Å². The van der Waals surface area contributed by atoms with Gasteiger partial charge in [0.05, 0.1) is 12.2 Å². The van der Waals surface area contributed by atoms with Gasteiger partial charge in [-0.2, -0.15) is 0 Å². The van der Waals surface area contributed by atoms with Gasteiger partial charge in [0.1, 0.15) is 0 Å². The van der Waals surface area contributed by atoms with Gasteiger partial charge in [-0.05, 0) is 51.9 Å². The Kier molecular flexibility index (Phi) is 4.87. The molecule has 1 heterocycles. The fraction of sp³-hybridized carbons (Fsp3) is 1.00. The van der Waals surface area contributed by atoms with E-state index < -0.39 is 0 Å². The van der Waals surface area contributed by atoms with Crippen molar-refractivity contribution in [3.8, 4) is 0 Å². The van der Waals surface area contributed by atoms with Crippen molar-refractivity contribution in [1.29, 1.82) is 0 Å². The van der Waals surface area contributed by atoms with Crippen LogP contribution in [0.2, 0.25) is 0 Å². The molecule has 0 aromatic rings. The summed E-state index contributed by atoms with van der Waals surface area (Å²) in [6, 6.07) is 1.45. The van der Waals surface area contributed by atoms with E-state index in [4.69, 9.17) is 4.74 Å². The van der Waals surface area contributed by atoms with E-state index in [2.05, 4.69) is 26.1 Å². The highest BCUT2D eigenvalue weighted by Gasteiger charge is 2.26. The molecular formula is C15H29NO. The van der Waals surface area contributed by atoms with E-state index >= 15 is 0 Å². The van der Waals surface area contributed by atoms with E-state index in [1.54, 1.807) is 0 Å². The van der Waals surface area contributed by atoms with Gasteiger partial charge in [0.25, 0.3) is 0 Å². The summed E-state index contributed by atoms with van der Waals surface area (Å²) < 4.78 is 5.81. The van der Waals surface area contributed by atoms with Gasteiger partial charge in [-0.25, -0.2) is 0 Å². The number of ether oxygens (including phenoxy) is 1. The topological polar surface area (TPSA) is 21.3 Å². The van der Waals surface area contributed by atoms with Crippen molar-refractivity contribution in [3.05, 3.63) is 0 Å². The van der Waals surface area contributed by atoms with Crippen molar-refractivity contribution in [2.45, 2.75) is 90.0 Å². The van der Waals surface area contributed by atoms with Crippen LogP contribution in [0, 0.1) is 5.92 Å². The molecule has 2 fully saturated rings. The first kappa shape index (κ1) is 13.4. The zero-order chi connectivity index (χ0) is 12.3. The summed E-state index contributed by atoms with van der Waals surface area (Å²) in [5.74, 6) is 0.939. The molecule has 0 amide bonds. The minimum atomic E-state index is 0.431. The second-order valence-electron chi connectivity index (χ2n) is 6.40. The number of nitrogens with one attached hydrogen (secondary N) is 1. The molecule has 2 nitrogen and oxygen atoms in total. The smallest absolute Gasteiger partial charge is 0.0565 e. The van der Waals surface area contributed by atoms with Crippen LogP contribution in [0.4, 0.5) is 0 Å². The lowest BCUT2D eigenvalue weighted by molar-refractivity contribution is -0.0437. The second-order valence-corrected chi connectivity index (χ2v) is 6.40. The van der Waals surface area contributed by atoms with E-state index in [0.29, 0.717) is 18.2 Å². The molecule has 0 aromatic carbocycles. The molecule has 1 aliphatic carbocycles. The third-order valence-corrected chi connectivity index (χ3v) is 4.43. The maximum absolute atomic E-state index is 5.81. The summed E-state index contributed by atoms with van der Waals surface area (Å²) in [5, 5.41) is 3.90. The summed E-state index contributed by atoms with van der Waals surface area (Å²) in [7, 11) is 0. The van der Waals surface area contributed by atoms with Crippen LogP contribution in [-0.4, -0.2) is 24.3 Å². The third kappa shape index (κ3) is 4.26. The SMILES string of the molecule is CC1CCCC(NC2CC(C)OC(C)C2)CC1. The van der Waals surface area contributed by atoms with Crippen LogP contribution in [0.1, 0.15) is 65.7 Å². The fourth-order valence-electron chi connectivity index (χ4n) is 3.53. The normalized spacial score (nSPS) is 44.3. The highest BCUT2D eigenvalue weighted by atomic mass is 16.5. The van der Waals surface area contributed by atoms with E-state index in [0.717, 1.165) is 12.0 Å². The molecule has 1 aliphatic heterocycles. The lowest BCUT2D eigenvalue weighted by Gasteiger charge is -2.35. The molecule has 4 unspecified atom stereocenters. The minimum absolute atomic E-state index is 0.431. The van der Waals surface area contributed by atoms with Crippen LogP contribution in [0.3, 0.4) is 0 Å². The van der Waals surface area contributed by atoms with E-state index in [-0.39, 0.29) is 0 Å². The Morgan fingerprint density at radius 1 is 0.824 bits per heavy atom. The van der Waals surface area contributed by atoms with Crippen LogP contribution >= 0.6 is 0 Å². The highest BCUT2D eigenvalue weighted by Crippen LogP contribution is 2.25. The molecular weight excluding hydrogens is 210 g/mol. The highest BCUT2D eigenvalue weighted by molar-refractivity contribution is 4.83. The Hall–Kier alpha value is -0.0800. The van der Waals surface area contributed by atoms with Crippen LogP contribution in [-0.2, 0) is 4.74 Å². The Balaban J connectivity index is 1.79. The first-order valence-corrected chi connectivity index (χ1v) is 7.55. The van der Waals surface area contributed by atoms with Crippen molar-refractivity contribution in [1.82, 2.24) is 5.32 Å². The lowest BCUT2D eigenvalue weighted by Crippen LogP contribution is -2.45. The molecule has 100 valence electrons. The van der Waals surface area contributed by atoms with Crippen LogP contribution < -0.4 is 5.32 Å². The van der Waals surface area contributed by atoms with Crippen molar-refractivity contribution < 1.29 is 4.74 Å². The Labute approximate surface area is 107 Å². The second kappa shape index (κ2) is 6.19. The van der Waals surface area contributed by atoms with Crippen molar-refractivity contribution in [2.24, 2.45) is 5.92 Å². The van der Waals surface area contributed by atoms with Gasteiger partial charge in [0.15, 0.2) is 0 Å². The summed E-state index contributed by atoms with van der Waals surface area (Å²) in [4.78, 5) is 0. The predicted molar refractivity (Wildman–Crippen MR) is 72.2 cm³/mol. The maximum atomic E-state index is 5.81. The summed E-state index contributed by atoms with van der Waals surface area (Å²) in [5.41, 5.74) is 0. The number of hydrogen-bond acceptors (Lipinski definition) is 2. The Morgan fingerprint density at radius 3 is 2.24 bits per heavy atom. The van der Waals surface area contributed by atoms with Crippen molar-refractivity contribution >= 4 is 0 Å². The van der Waals surface area contributed by atoms with Crippen LogP contribution in [0.25, 0.3) is 0 Å². The molecule has 1 saturated carbocycles.